The molecule has 0 bridgehead atoms. The van der Waals surface area contributed by atoms with Crippen molar-refractivity contribution in [3.8, 4) is 11.1 Å². The molecule has 1 saturated carbocycles. The predicted molar refractivity (Wildman–Crippen MR) is 127 cm³/mol. The molecule has 0 aliphatic heterocycles. The molecule has 3 N–H and O–H groups in total. The van der Waals surface area contributed by atoms with E-state index in [0.717, 1.165) is 11.1 Å². The minimum Gasteiger partial charge on any atom is -0.480 e. The number of alkyl carbamates (subject to hydrolysis) is 1. The number of carboxylic acid groups (broad SMARTS) is 1. The summed E-state index contributed by atoms with van der Waals surface area (Å²) in [5.41, 5.74) is 4.65. The van der Waals surface area contributed by atoms with Crippen LogP contribution in [0, 0.1) is 5.92 Å². The summed E-state index contributed by atoms with van der Waals surface area (Å²) in [4.78, 5) is 38.2. The third kappa shape index (κ3) is 5.22. The molecule has 8 heteroatoms. The number of likely N-dealkylation sites (N-methyl/N-ethyl adjacent to an activating group) is 1. The fourth-order valence-corrected chi connectivity index (χ4v) is 5.00. The van der Waals surface area contributed by atoms with E-state index >= 15 is 0 Å². The second-order valence-corrected chi connectivity index (χ2v) is 9.34. The molecular formula is C26H31N3O5. The van der Waals surface area contributed by atoms with E-state index in [2.05, 4.69) is 34.9 Å². The zero-order valence-corrected chi connectivity index (χ0v) is 19.5. The Morgan fingerprint density at radius 3 is 2.24 bits per heavy atom. The van der Waals surface area contributed by atoms with Crippen LogP contribution in [0.3, 0.4) is 0 Å². The Kier molecular flexibility index (Phi) is 7.17. The van der Waals surface area contributed by atoms with Gasteiger partial charge in [0.25, 0.3) is 0 Å². The largest absolute Gasteiger partial charge is 0.480 e. The number of carboxylic acids is 1. The molecular weight excluding hydrogens is 434 g/mol. The smallest absolute Gasteiger partial charge is 0.407 e. The van der Waals surface area contributed by atoms with E-state index in [1.54, 1.807) is 19.0 Å². The van der Waals surface area contributed by atoms with Crippen LogP contribution in [0.4, 0.5) is 4.79 Å². The molecule has 8 nitrogen and oxygen atoms in total. The van der Waals surface area contributed by atoms with Crippen LogP contribution in [0.15, 0.2) is 48.5 Å². The van der Waals surface area contributed by atoms with Crippen LogP contribution in [-0.4, -0.2) is 67.3 Å². The maximum Gasteiger partial charge on any atom is 0.407 e. The van der Waals surface area contributed by atoms with Crippen molar-refractivity contribution in [2.45, 2.75) is 37.3 Å². The molecule has 1 fully saturated rings. The topological polar surface area (TPSA) is 108 Å². The normalized spacial score (nSPS) is 19.9. The zero-order chi connectivity index (χ0) is 24.2. The van der Waals surface area contributed by atoms with E-state index in [1.807, 2.05) is 24.3 Å². The van der Waals surface area contributed by atoms with Gasteiger partial charge in [0.2, 0.25) is 5.91 Å². The monoisotopic (exact) mass is 465 g/mol. The summed E-state index contributed by atoms with van der Waals surface area (Å²) in [6.07, 6.45) is 1.20. The van der Waals surface area contributed by atoms with Crippen LogP contribution < -0.4 is 10.6 Å². The Labute approximate surface area is 199 Å². The average Bonchev–Trinajstić information content (AvgIpc) is 3.39. The number of rotatable bonds is 8. The lowest BCUT2D eigenvalue weighted by molar-refractivity contribution is -0.142. The summed E-state index contributed by atoms with van der Waals surface area (Å²) >= 11 is 0. The fourth-order valence-electron chi connectivity index (χ4n) is 5.00. The molecule has 3 atom stereocenters. The maximum atomic E-state index is 12.6. The number of amides is 2. The number of benzene rings is 2. The van der Waals surface area contributed by atoms with Gasteiger partial charge in [-0.2, -0.15) is 0 Å². The number of hydrogen-bond donors (Lipinski definition) is 3. The molecule has 2 amide bonds. The molecule has 0 radical (unpaired) electrons. The number of nitrogens with zero attached hydrogens (tertiary/aromatic N) is 1. The van der Waals surface area contributed by atoms with Crippen LogP contribution in [0.2, 0.25) is 0 Å². The van der Waals surface area contributed by atoms with Crippen LogP contribution in [-0.2, 0) is 14.3 Å². The molecule has 0 saturated heterocycles. The number of carbonyl (C=O) groups excluding carboxylic acids is 2. The summed E-state index contributed by atoms with van der Waals surface area (Å²) in [5.74, 6) is -1.69. The van der Waals surface area contributed by atoms with Crippen LogP contribution in [0.25, 0.3) is 11.1 Å². The van der Waals surface area contributed by atoms with E-state index < -0.39 is 18.1 Å². The van der Waals surface area contributed by atoms with Gasteiger partial charge in [0, 0.05) is 24.4 Å². The molecule has 180 valence electrons. The lowest BCUT2D eigenvalue weighted by Gasteiger charge is -2.20. The van der Waals surface area contributed by atoms with Gasteiger partial charge in [0.15, 0.2) is 0 Å². The van der Waals surface area contributed by atoms with Crippen molar-refractivity contribution in [3.63, 3.8) is 0 Å². The highest BCUT2D eigenvalue weighted by Crippen LogP contribution is 2.44. The first-order valence-corrected chi connectivity index (χ1v) is 11.6. The molecule has 4 rings (SSSR count). The Balaban J connectivity index is 1.29. The van der Waals surface area contributed by atoms with Gasteiger partial charge in [-0.05, 0) is 55.6 Å². The molecule has 2 aromatic rings. The number of ether oxygens (including phenoxy) is 1. The van der Waals surface area contributed by atoms with Gasteiger partial charge in [0.05, 0.1) is 0 Å². The van der Waals surface area contributed by atoms with Crippen molar-refractivity contribution in [1.29, 1.82) is 0 Å². The van der Waals surface area contributed by atoms with Gasteiger partial charge in [-0.3, -0.25) is 4.79 Å². The highest BCUT2D eigenvalue weighted by Gasteiger charge is 2.34. The van der Waals surface area contributed by atoms with Crippen molar-refractivity contribution >= 4 is 18.0 Å². The summed E-state index contributed by atoms with van der Waals surface area (Å²) in [6, 6.07) is 15.2. The Morgan fingerprint density at radius 1 is 1.03 bits per heavy atom. The van der Waals surface area contributed by atoms with E-state index in [0.29, 0.717) is 19.3 Å². The SMILES string of the molecule is CN(C)C[C@H](NC(=O)[C@H]1CC[C@@H](NC(=O)OCC2c3ccccc3-c3ccccc32)C1)C(=O)O. The summed E-state index contributed by atoms with van der Waals surface area (Å²) in [5, 5.41) is 14.8. The molecule has 0 heterocycles. The molecule has 0 unspecified atom stereocenters. The first-order valence-electron chi connectivity index (χ1n) is 11.6. The minimum atomic E-state index is -1.06. The number of nitrogens with one attached hydrogen (secondary N) is 2. The quantitative estimate of drug-likeness (QED) is 0.553. The third-order valence-electron chi connectivity index (χ3n) is 6.63. The number of fused-ring (bicyclic) bond motifs is 3. The van der Waals surface area contributed by atoms with Crippen LogP contribution >= 0.6 is 0 Å². The molecule has 2 aliphatic rings. The lowest BCUT2D eigenvalue weighted by atomic mass is 9.98. The molecule has 0 aromatic heterocycles. The number of hydrogen-bond acceptors (Lipinski definition) is 5. The number of aliphatic carboxylic acids is 1. The zero-order valence-electron chi connectivity index (χ0n) is 19.5. The second kappa shape index (κ2) is 10.3. The standard InChI is InChI=1S/C26H31N3O5/c1-29(2)14-23(25(31)32)28-24(30)16-11-12-17(13-16)27-26(33)34-15-22-20-9-5-3-7-18(20)19-8-4-6-10-21(19)22/h3-10,16-17,22-23H,11-15H2,1-2H3,(H,27,33)(H,28,30)(H,31,32)/t16-,17+,23-/m0/s1. The van der Waals surface area contributed by atoms with Gasteiger partial charge in [-0.25, -0.2) is 9.59 Å². The van der Waals surface area contributed by atoms with E-state index in [1.165, 1.54) is 11.1 Å². The molecule has 2 aromatic carbocycles. The minimum absolute atomic E-state index is 0.00935. The van der Waals surface area contributed by atoms with Gasteiger partial charge < -0.3 is 25.4 Å². The van der Waals surface area contributed by atoms with Gasteiger partial charge in [0.1, 0.15) is 12.6 Å². The third-order valence-corrected chi connectivity index (χ3v) is 6.63. The van der Waals surface area contributed by atoms with Crippen molar-refractivity contribution in [1.82, 2.24) is 15.5 Å². The van der Waals surface area contributed by atoms with Crippen LogP contribution in [0.1, 0.15) is 36.3 Å². The lowest BCUT2D eigenvalue weighted by Crippen LogP contribution is -2.48. The van der Waals surface area contributed by atoms with Gasteiger partial charge in [-0.1, -0.05) is 48.5 Å². The maximum absolute atomic E-state index is 12.6. The van der Waals surface area contributed by atoms with E-state index in [9.17, 15) is 19.5 Å². The van der Waals surface area contributed by atoms with Crippen molar-refractivity contribution in [2.24, 2.45) is 5.92 Å². The first-order chi connectivity index (χ1) is 16.3. The molecule has 2 aliphatic carbocycles. The summed E-state index contributed by atoms with van der Waals surface area (Å²) < 4.78 is 5.60. The summed E-state index contributed by atoms with van der Waals surface area (Å²) in [6.45, 7) is 0.455. The number of carbonyl (C=O) groups is 3. The van der Waals surface area contributed by atoms with Gasteiger partial charge in [-0.15, -0.1) is 0 Å². The predicted octanol–water partition coefficient (Wildman–Crippen LogP) is 2.82. The van der Waals surface area contributed by atoms with E-state index in [4.69, 9.17) is 4.74 Å². The fraction of sp³-hybridized carbons (Fsp3) is 0.423. The molecule has 0 spiro atoms. The van der Waals surface area contributed by atoms with Crippen LogP contribution in [0.5, 0.6) is 0 Å². The van der Waals surface area contributed by atoms with Crippen molar-refractivity contribution < 1.29 is 24.2 Å². The first kappa shape index (κ1) is 23.8. The van der Waals surface area contributed by atoms with E-state index in [-0.39, 0.29) is 36.9 Å². The average molecular weight is 466 g/mol. The summed E-state index contributed by atoms with van der Waals surface area (Å²) in [7, 11) is 3.51. The van der Waals surface area contributed by atoms with Gasteiger partial charge >= 0.3 is 12.1 Å². The highest BCUT2D eigenvalue weighted by molar-refractivity contribution is 5.85. The Bertz CT molecular complexity index is 1020. The molecule has 34 heavy (non-hydrogen) atoms. The second-order valence-electron chi connectivity index (χ2n) is 9.34. The Hall–Kier alpha value is -3.39. The van der Waals surface area contributed by atoms with Crippen molar-refractivity contribution in [2.75, 3.05) is 27.2 Å². The highest BCUT2D eigenvalue weighted by atomic mass is 16.5. The van der Waals surface area contributed by atoms with Crippen molar-refractivity contribution in [3.05, 3.63) is 59.7 Å². The Morgan fingerprint density at radius 2 is 1.65 bits per heavy atom.